The van der Waals surface area contributed by atoms with E-state index in [0.717, 1.165) is 16.0 Å². The number of aromatic nitrogens is 1. The van der Waals surface area contributed by atoms with Gasteiger partial charge in [-0.3, -0.25) is 4.98 Å². The molecule has 1 saturated heterocycles. The monoisotopic (exact) mass is 337 g/mol. The second-order valence-corrected chi connectivity index (χ2v) is 8.80. The van der Waals surface area contributed by atoms with Gasteiger partial charge in [0.2, 0.25) is 0 Å². The molecule has 0 saturated carbocycles. The molecule has 0 amide bonds. The van der Waals surface area contributed by atoms with E-state index in [2.05, 4.69) is 10.3 Å². The smallest absolute Gasteiger partial charge is 0.253 e. The van der Waals surface area contributed by atoms with Crippen LogP contribution in [-0.4, -0.2) is 37.3 Å². The average molecular weight is 337 g/mol. The van der Waals surface area contributed by atoms with Gasteiger partial charge in [0.1, 0.15) is 4.21 Å². The summed E-state index contributed by atoms with van der Waals surface area (Å²) in [6.07, 6.45) is 3.44. The van der Waals surface area contributed by atoms with E-state index in [1.54, 1.807) is 22.8 Å². The molecule has 1 unspecified atom stereocenters. The van der Waals surface area contributed by atoms with E-state index in [0.29, 0.717) is 23.8 Å². The van der Waals surface area contributed by atoms with Crippen LogP contribution >= 0.6 is 11.3 Å². The highest BCUT2D eigenvalue weighted by molar-refractivity contribution is 7.91. The molecule has 7 heteroatoms. The van der Waals surface area contributed by atoms with Crippen LogP contribution in [0.2, 0.25) is 0 Å². The van der Waals surface area contributed by atoms with Crippen molar-refractivity contribution in [3.05, 3.63) is 46.6 Å². The topological polar surface area (TPSA) is 62.3 Å². The molecular formula is C15H19N3O2S2. The molecule has 1 fully saturated rings. The third-order valence-electron chi connectivity index (χ3n) is 3.97. The lowest BCUT2D eigenvalue weighted by Crippen LogP contribution is -2.48. The third kappa shape index (κ3) is 2.81. The number of nitrogens with one attached hydrogen (secondary N) is 1. The molecule has 1 atom stereocenters. The molecule has 118 valence electrons. The van der Waals surface area contributed by atoms with Crippen molar-refractivity contribution < 1.29 is 8.42 Å². The number of rotatable bonds is 3. The van der Waals surface area contributed by atoms with Gasteiger partial charge in [-0.15, -0.1) is 11.3 Å². The lowest BCUT2D eigenvalue weighted by atomic mass is 10.1. The highest BCUT2D eigenvalue weighted by Crippen LogP contribution is 2.33. The van der Waals surface area contributed by atoms with E-state index in [1.807, 2.05) is 26.0 Å². The van der Waals surface area contributed by atoms with Gasteiger partial charge >= 0.3 is 0 Å². The van der Waals surface area contributed by atoms with E-state index < -0.39 is 10.0 Å². The Hall–Kier alpha value is -1.28. The standard InChI is InChI=1S/C15H19N3O2S2/c1-11-8-15(21-12(11)2)22(19,20)18-7-6-17-10-14(18)13-4-3-5-16-9-13/h3-5,8-9,14,17H,6-7,10H2,1-2H3. The fourth-order valence-corrected chi connectivity index (χ4v) is 5.87. The van der Waals surface area contributed by atoms with Crippen LogP contribution in [0.5, 0.6) is 0 Å². The van der Waals surface area contributed by atoms with E-state index in [9.17, 15) is 8.42 Å². The number of aryl methyl sites for hydroxylation is 2. The van der Waals surface area contributed by atoms with Crippen molar-refractivity contribution in [2.75, 3.05) is 19.6 Å². The van der Waals surface area contributed by atoms with Crippen LogP contribution in [0.15, 0.2) is 34.8 Å². The maximum atomic E-state index is 13.0. The number of pyridine rings is 1. The Morgan fingerprint density at radius 1 is 1.41 bits per heavy atom. The maximum Gasteiger partial charge on any atom is 0.253 e. The van der Waals surface area contributed by atoms with Gasteiger partial charge in [0.15, 0.2) is 0 Å². The van der Waals surface area contributed by atoms with Gasteiger partial charge in [0.05, 0.1) is 6.04 Å². The summed E-state index contributed by atoms with van der Waals surface area (Å²) in [4.78, 5) is 5.17. The van der Waals surface area contributed by atoms with Gasteiger partial charge in [-0.1, -0.05) is 6.07 Å². The van der Waals surface area contributed by atoms with Gasteiger partial charge < -0.3 is 5.32 Å². The minimum absolute atomic E-state index is 0.213. The molecule has 0 spiro atoms. The molecule has 2 aromatic heterocycles. The molecular weight excluding hydrogens is 318 g/mol. The first kappa shape index (κ1) is 15.6. The van der Waals surface area contributed by atoms with Crippen molar-refractivity contribution in [1.82, 2.24) is 14.6 Å². The average Bonchev–Trinajstić information content (AvgIpc) is 2.88. The second kappa shape index (κ2) is 6.08. The van der Waals surface area contributed by atoms with Gasteiger partial charge in [-0.05, 0) is 37.1 Å². The van der Waals surface area contributed by atoms with Crippen LogP contribution in [0.3, 0.4) is 0 Å². The Balaban J connectivity index is 2.00. The first-order valence-corrected chi connectivity index (χ1v) is 9.45. The maximum absolute atomic E-state index is 13.0. The molecule has 2 aromatic rings. The molecule has 1 aliphatic heterocycles. The number of thiophene rings is 1. The lowest BCUT2D eigenvalue weighted by Gasteiger charge is -2.34. The van der Waals surface area contributed by atoms with Crippen molar-refractivity contribution in [2.45, 2.75) is 24.1 Å². The first-order chi connectivity index (χ1) is 10.5. The summed E-state index contributed by atoms with van der Waals surface area (Å²) >= 11 is 1.35. The molecule has 0 aromatic carbocycles. The van der Waals surface area contributed by atoms with E-state index >= 15 is 0 Å². The Bertz CT molecular complexity index is 737. The SMILES string of the molecule is Cc1cc(S(=O)(=O)N2CCNCC2c2cccnc2)sc1C. The van der Waals surface area contributed by atoms with E-state index in [1.165, 1.54) is 11.3 Å². The minimum Gasteiger partial charge on any atom is -0.313 e. The molecule has 5 nitrogen and oxygen atoms in total. The molecule has 0 aliphatic carbocycles. The normalized spacial score (nSPS) is 20.2. The Kier molecular flexibility index (Phi) is 4.31. The molecule has 0 radical (unpaired) electrons. The summed E-state index contributed by atoms with van der Waals surface area (Å²) < 4.78 is 28.1. The van der Waals surface area contributed by atoms with Crippen LogP contribution < -0.4 is 5.32 Å². The number of hydrogen-bond donors (Lipinski definition) is 1. The zero-order valence-corrected chi connectivity index (χ0v) is 14.2. The van der Waals surface area contributed by atoms with E-state index in [-0.39, 0.29) is 6.04 Å². The van der Waals surface area contributed by atoms with Gasteiger partial charge in [-0.25, -0.2) is 8.42 Å². The lowest BCUT2D eigenvalue weighted by molar-refractivity contribution is 0.271. The quantitative estimate of drug-likeness (QED) is 0.932. The van der Waals surface area contributed by atoms with Crippen LogP contribution in [0.1, 0.15) is 22.0 Å². The highest BCUT2D eigenvalue weighted by atomic mass is 32.2. The fraction of sp³-hybridized carbons (Fsp3) is 0.400. The van der Waals surface area contributed by atoms with Crippen LogP contribution in [0, 0.1) is 13.8 Å². The van der Waals surface area contributed by atoms with Crippen molar-refractivity contribution >= 4 is 21.4 Å². The highest BCUT2D eigenvalue weighted by Gasteiger charge is 2.35. The van der Waals surface area contributed by atoms with Crippen LogP contribution in [0.25, 0.3) is 0 Å². The van der Waals surface area contributed by atoms with Crippen molar-refractivity contribution in [3.63, 3.8) is 0 Å². The number of sulfonamides is 1. The first-order valence-electron chi connectivity index (χ1n) is 7.19. The predicted octanol–water partition coefficient (Wildman–Crippen LogP) is 2.10. The van der Waals surface area contributed by atoms with Crippen molar-refractivity contribution in [1.29, 1.82) is 0 Å². The summed E-state index contributed by atoms with van der Waals surface area (Å²) in [7, 11) is -3.48. The Labute approximate surface area is 135 Å². The Morgan fingerprint density at radius 3 is 2.86 bits per heavy atom. The largest absolute Gasteiger partial charge is 0.313 e. The number of hydrogen-bond acceptors (Lipinski definition) is 5. The molecule has 1 N–H and O–H groups in total. The summed E-state index contributed by atoms with van der Waals surface area (Å²) in [6, 6.07) is 5.33. The van der Waals surface area contributed by atoms with Crippen molar-refractivity contribution in [3.8, 4) is 0 Å². The molecule has 1 aliphatic rings. The van der Waals surface area contributed by atoms with Gasteiger partial charge in [0.25, 0.3) is 10.0 Å². The number of nitrogens with zero attached hydrogens (tertiary/aromatic N) is 2. The molecule has 3 heterocycles. The predicted molar refractivity (Wildman–Crippen MR) is 87.5 cm³/mol. The summed E-state index contributed by atoms with van der Waals surface area (Å²) in [6.45, 7) is 5.64. The Morgan fingerprint density at radius 2 is 2.23 bits per heavy atom. The summed E-state index contributed by atoms with van der Waals surface area (Å²) in [5.41, 5.74) is 1.94. The van der Waals surface area contributed by atoms with Crippen LogP contribution in [-0.2, 0) is 10.0 Å². The molecule has 0 bridgehead atoms. The molecule has 3 rings (SSSR count). The third-order valence-corrected chi connectivity index (χ3v) is 7.48. The zero-order valence-electron chi connectivity index (χ0n) is 12.6. The van der Waals surface area contributed by atoms with Gasteiger partial charge in [0, 0.05) is 36.9 Å². The number of piperazine rings is 1. The van der Waals surface area contributed by atoms with E-state index in [4.69, 9.17) is 0 Å². The summed E-state index contributed by atoms with van der Waals surface area (Å²) in [5.74, 6) is 0. The van der Waals surface area contributed by atoms with Crippen molar-refractivity contribution in [2.24, 2.45) is 0 Å². The van der Waals surface area contributed by atoms with Crippen LogP contribution in [0.4, 0.5) is 0 Å². The second-order valence-electron chi connectivity index (χ2n) is 5.43. The fourth-order valence-electron chi connectivity index (χ4n) is 2.61. The molecule has 22 heavy (non-hydrogen) atoms. The zero-order chi connectivity index (χ0) is 15.7. The minimum atomic E-state index is -3.48. The summed E-state index contributed by atoms with van der Waals surface area (Å²) in [5, 5.41) is 3.27. The van der Waals surface area contributed by atoms with Gasteiger partial charge in [-0.2, -0.15) is 4.31 Å².